The third-order valence-electron chi connectivity index (χ3n) is 2.52. The maximum absolute atomic E-state index is 11.5. The fourth-order valence-corrected chi connectivity index (χ4v) is 1.67. The summed E-state index contributed by atoms with van der Waals surface area (Å²) in [5, 5.41) is 0. The molecule has 0 N–H and O–H groups in total. The van der Waals surface area contributed by atoms with Crippen LogP contribution in [0.1, 0.15) is 20.3 Å². The van der Waals surface area contributed by atoms with Gasteiger partial charge in [-0.25, -0.2) is 4.98 Å². The number of fused-ring (bicyclic) bond motifs is 1. The Morgan fingerprint density at radius 1 is 1.69 bits per heavy atom. The van der Waals surface area contributed by atoms with Crippen LogP contribution in [-0.2, 0) is 4.79 Å². The number of hydrogen-bond acceptors (Lipinski definition) is 3. The molecule has 2 rings (SSSR count). The zero-order valence-electron chi connectivity index (χ0n) is 9.34. The molecule has 1 aromatic heterocycles. The number of anilines is 1. The molecule has 0 spiro atoms. The molecule has 4 nitrogen and oxygen atoms in total. The fraction of sp³-hybridized carbons (Fsp3) is 0.455. The molecule has 0 aliphatic carbocycles. The van der Waals surface area contributed by atoms with E-state index in [-0.39, 0.29) is 24.4 Å². The lowest BCUT2D eigenvalue weighted by atomic mass is 10.2. The molecule has 0 saturated carbocycles. The van der Waals surface area contributed by atoms with Gasteiger partial charge in [-0.3, -0.25) is 9.69 Å². The maximum Gasteiger partial charge on any atom is 0.225 e. The van der Waals surface area contributed by atoms with E-state index in [1.54, 1.807) is 18.0 Å². The van der Waals surface area contributed by atoms with E-state index in [1.807, 2.05) is 19.1 Å². The summed E-state index contributed by atoms with van der Waals surface area (Å²) in [6.45, 7) is 4.19. The SMILES string of the molecule is CCC1CN(C(C)=O)c2ncccc2O1.Cl. The van der Waals surface area contributed by atoms with Crippen LogP contribution in [0.5, 0.6) is 5.75 Å². The molecule has 1 unspecified atom stereocenters. The molecule has 2 heterocycles. The third-order valence-corrected chi connectivity index (χ3v) is 2.52. The first kappa shape index (κ1) is 12.8. The Morgan fingerprint density at radius 2 is 2.44 bits per heavy atom. The van der Waals surface area contributed by atoms with Crippen molar-refractivity contribution in [3.05, 3.63) is 18.3 Å². The molecule has 5 heteroatoms. The molecule has 0 aromatic carbocycles. The first-order valence-corrected chi connectivity index (χ1v) is 5.12. The second kappa shape index (κ2) is 5.16. The van der Waals surface area contributed by atoms with E-state index >= 15 is 0 Å². The van der Waals surface area contributed by atoms with Crippen molar-refractivity contribution >= 4 is 24.1 Å². The average molecular weight is 243 g/mol. The normalized spacial score (nSPS) is 18.1. The first-order valence-electron chi connectivity index (χ1n) is 5.12. The van der Waals surface area contributed by atoms with E-state index in [4.69, 9.17) is 4.74 Å². The first-order chi connectivity index (χ1) is 7.22. The van der Waals surface area contributed by atoms with Gasteiger partial charge in [0, 0.05) is 13.1 Å². The number of halogens is 1. The molecular formula is C11H15ClN2O2. The van der Waals surface area contributed by atoms with Crippen LogP contribution < -0.4 is 9.64 Å². The van der Waals surface area contributed by atoms with Crippen LogP contribution in [0.25, 0.3) is 0 Å². The summed E-state index contributed by atoms with van der Waals surface area (Å²) in [5.74, 6) is 1.34. The van der Waals surface area contributed by atoms with Crippen molar-refractivity contribution in [2.45, 2.75) is 26.4 Å². The highest BCUT2D eigenvalue weighted by Crippen LogP contribution is 2.31. The quantitative estimate of drug-likeness (QED) is 0.757. The van der Waals surface area contributed by atoms with Crippen LogP contribution >= 0.6 is 12.4 Å². The second-order valence-corrected chi connectivity index (χ2v) is 3.60. The van der Waals surface area contributed by atoms with E-state index in [1.165, 1.54) is 0 Å². The van der Waals surface area contributed by atoms with E-state index in [0.717, 1.165) is 6.42 Å². The maximum atomic E-state index is 11.5. The van der Waals surface area contributed by atoms with E-state index in [9.17, 15) is 4.79 Å². The lowest BCUT2D eigenvalue weighted by Gasteiger charge is -2.32. The second-order valence-electron chi connectivity index (χ2n) is 3.60. The van der Waals surface area contributed by atoms with Crippen LogP contribution in [0.2, 0.25) is 0 Å². The van der Waals surface area contributed by atoms with Gasteiger partial charge < -0.3 is 4.74 Å². The number of amides is 1. The molecule has 16 heavy (non-hydrogen) atoms. The van der Waals surface area contributed by atoms with Crippen LogP contribution in [0.15, 0.2) is 18.3 Å². The van der Waals surface area contributed by atoms with Gasteiger partial charge in [-0.05, 0) is 18.6 Å². The predicted molar refractivity (Wildman–Crippen MR) is 64.2 cm³/mol. The van der Waals surface area contributed by atoms with Gasteiger partial charge in [0.2, 0.25) is 5.91 Å². The molecule has 0 saturated heterocycles. The van der Waals surface area contributed by atoms with Crippen molar-refractivity contribution in [2.24, 2.45) is 0 Å². The monoisotopic (exact) mass is 242 g/mol. The lowest BCUT2D eigenvalue weighted by Crippen LogP contribution is -2.42. The Labute approximate surface area is 101 Å². The minimum absolute atomic E-state index is 0. The van der Waals surface area contributed by atoms with Crippen LogP contribution in [0, 0.1) is 0 Å². The molecule has 0 radical (unpaired) electrons. The highest BCUT2D eigenvalue weighted by molar-refractivity contribution is 5.92. The molecule has 1 aromatic rings. The number of carbonyl (C=O) groups is 1. The standard InChI is InChI=1S/C11H14N2O2.ClH/c1-3-9-7-13(8(2)14)11-10(15-9)5-4-6-12-11;/h4-6,9H,3,7H2,1-2H3;1H. The van der Waals surface area contributed by atoms with Gasteiger partial charge in [0.25, 0.3) is 0 Å². The highest BCUT2D eigenvalue weighted by Gasteiger charge is 2.27. The van der Waals surface area contributed by atoms with E-state index in [2.05, 4.69) is 4.98 Å². The van der Waals surface area contributed by atoms with Gasteiger partial charge >= 0.3 is 0 Å². The molecule has 0 bridgehead atoms. The number of rotatable bonds is 1. The minimum Gasteiger partial charge on any atom is -0.485 e. The Morgan fingerprint density at radius 3 is 3.06 bits per heavy atom. The smallest absolute Gasteiger partial charge is 0.225 e. The van der Waals surface area contributed by atoms with Gasteiger partial charge in [0.15, 0.2) is 11.6 Å². The number of aromatic nitrogens is 1. The van der Waals surface area contributed by atoms with Crippen molar-refractivity contribution < 1.29 is 9.53 Å². The Bertz CT molecular complexity index is 384. The van der Waals surface area contributed by atoms with Gasteiger partial charge in [0.05, 0.1) is 6.54 Å². The summed E-state index contributed by atoms with van der Waals surface area (Å²) >= 11 is 0. The number of carbonyl (C=O) groups excluding carboxylic acids is 1. The van der Waals surface area contributed by atoms with Crippen LogP contribution in [0.3, 0.4) is 0 Å². The van der Waals surface area contributed by atoms with Gasteiger partial charge in [-0.15, -0.1) is 12.4 Å². The number of nitrogens with zero attached hydrogens (tertiary/aromatic N) is 2. The Balaban J connectivity index is 0.00000128. The van der Waals surface area contributed by atoms with Crippen molar-refractivity contribution in [1.82, 2.24) is 4.98 Å². The largest absolute Gasteiger partial charge is 0.485 e. The number of ether oxygens (including phenoxy) is 1. The van der Waals surface area contributed by atoms with E-state index < -0.39 is 0 Å². The number of hydrogen-bond donors (Lipinski definition) is 0. The molecule has 1 amide bonds. The molecule has 1 aliphatic rings. The number of pyridine rings is 1. The summed E-state index contributed by atoms with van der Waals surface area (Å²) < 4.78 is 5.71. The van der Waals surface area contributed by atoms with Crippen LogP contribution in [0.4, 0.5) is 5.82 Å². The van der Waals surface area contributed by atoms with Gasteiger partial charge in [0.1, 0.15) is 6.10 Å². The summed E-state index contributed by atoms with van der Waals surface area (Å²) in [4.78, 5) is 17.3. The van der Waals surface area contributed by atoms with Crippen molar-refractivity contribution in [1.29, 1.82) is 0 Å². The zero-order chi connectivity index (χ0) is 10.8. The summed E-state index contributed by atoms with van der Waals surface area (Å²) in [5.41, 5.74) is 0. The fourth-order valence-electron chi connectivity index (χ4n) is 1.67. The topological polar surface area (TPSA) is 42.4 Å². The molecular weight excluding hydrogens is 228 g/mol. The highest BCUT2D eigenvalue weighted by atomic mass is 35.5. The van der Waals surface area contributed by atoms with Gasteiger partial charge in [-0.2, -0.15) is 0 Å². The molecule has 88 valence electrons. The minimum atomic E-state index is 0. The summed E-state index contributed by atoms with van der Waals surface area (Å²) in [7, 11) is 0. The van der Waals surface area contributed by atoms with Crippen molar-refractivity contribution in [2.75, 3.05) is 11.4 Å². The zero-order valence-corrected chi connectivity index (χ0v) is 10.2. The predicted octanol–water partition coefficient (Wildman–Crippen LogP) is 2.03. The lowest BCUT2D eigenvalue weighted by molar-refractivity contribution is -0.117. The van der Waals surface area contributed by atoms with Crippen LogP contribution in [-0.4, -0.2) is 23.5 Å². The molecule has 1 atom stereocenters. The Kier molecular flexibility index (Phi) is 4.12. The Hall–Kier alpha value is -1.29. The van der Waals surface area contributed by atoms with Crippen molar-refractivity contribution in [3.8, 4) is 5.75 Å². The van der Waals surface area contributed by atoms with E-state index in [0.29, 0.717) is 18.1 Å². The van der Waals surface area contributed by atoms with Gasteiger partial charge in [-0.1, -0.05) is 6.92 Å². The average Bonchev–Trinajstić information content (AvgIpc) is 2.27. The molecule has 0 fully saturated rings. The third kappa shape index (κ3) is 2.27. The summed E-state index contributed by atoms with van der Waals surface area (Å²) in [6.07, 6.45) is 2.63. The van der Waals surface area contributed by atoms with Crippen molar-refractivity contribution in [3.63, 3.8) is 0 Å². The molecule has 1 aliphatic heterocycles. The summed E-state index contributed by atoms with van der Waals surface area (Å²) in [6, 6.07) is 3.66.